The second kappa shape index (κ2) is 9.54. The first-order chi connectivity index (χ1) is 14.6. The molecule has 2 aromatic rings. The van der Waals surface area contributed by atoms with Crippen LogP contribution in [0.25, 0.3) is 0 Å². The maximum atomic E-state index is 13.0. The van der Waals surface area contributed by atoms with Gasteiger partial charge in [0.15, 0.2) is 5.60 Å². The number of ether oxygens (including phenoxy) is 1. The van der Waals surface area contributed by atoms with Gasteiger partial charge in [-0.05, 0) is 45.0 Å². The van der Waals surface area contributed by atoms with Gasteiger partial charge in [-0.15, -0.1) is 11.3 Å². The van der Waals surface area contributed by atoms with E-state index < -0.39 is 5.60 Å². The standard InChI is InChI=1S/C22H29ClN4O3S/c1-15-19(20(28)25(4)5)31-18(24-15)14-26-10-12-27(13-11-26)21(29)22(2,3)30-17-8-6-16(23)7-9-17/h6-9H,10-14H2,1-5H3. The Labute approximate surface area is 192 Å². The van der Waals surface area contributed by atoms with Crippen molar-refractivity contribution in [2.24, 2.45) is 0 Å². The average molecular weight is 465 g/mol. The summed E-state index contributed by atoms with van der Waals surface area (Å²) in [4.78, 5) is 36.2. The van der Waals surface area contributed by atoms with Crippen molar-refractivity contribution in [2.75, 3.05) is 40.3 Å². The number of carbonyl (C=O) groups excluding carboxylic acids is 2. The third kappa shape index (κ3) is 5.75. The van der Waals surface area contributed by atoms with Crippen LogP contribution in [0.5, 0.6) is 5.75 Å². The Kier molecular flexibility index (Phi) is 7.24. The van der Waals surface area contributed by atoms with Gasteiger partial charge in [-0.3, -0.25) is 14.5 Å². The fourth-order valence-corrected chi connectivity index (χ4v) is 4.70. The number of halogens is 1. The Morgan fingerprint density at radius 1 is 1.16 bits per heavy atom. The number of piperazine rings is 1. The molecule has 3 rings (SSSR count). The molecule has 0 bridgehead atoms. The number of carbonyl (C=O) groups is 2. The van der Waals surface area contributed by atoms with Crippen LogP contribution in [0.3, 0.4) is 0 Å². The van der Waals surface area contributed by atoms with E-state index in [1.165, 1.54) is 11.3 Å². The molecule has 2 heterocycles. The number of rotatable bonds is 6. The fraction of sp³-hybridized carbons (Fsp3) is 0.500. The number of aromatic nitrogens is 1. The summed E-state index contributed by atoms with van der Waals surface area (Å²) in [7, 11) is 3.49. The molecule has 31 heavy (non-hydrogen) atoms. The predicted molar refractivity (Wildman–Crippen MR) is 123 cm³/mol. The van der Waals surface area contributed by atoms with E-state index in [2.05, 4.69) is 9.88 Å². The molecule has 1 aromatic heterocycles. The lowest BCUT2D eigenvalue weighted by Crippen LogP contribution is -2.55. The van der Waals surface area contributed by atoms with Crippen LogP contribution in [0.15, 0.2) is 24.3 Å². The van der Waals surface area contributed by atoms with Crippen LogP contribution < -0.4 is 4.74 Å². The van der Waals surface area contributed by atoms with E-state index in [1.807, 2.05) is 11.8 Å². The van der Waals surface area contributed by atoms with E-state index in [-0.39, 0.29) is 11.8 Å². The molecule has 1 fully saturated rings. The zero-order valence-electron chi connectivity index (χ0n) is 18.6. The molecule has 0 atom stereocenters. The summed E-state index contributed by atoms with van der Waals surface area (Å²) in [6.07, 6.45) is 0. The summed E-state index contributed by atoms with van der Waals surface area (Å²) in [6, 6.07) is 7.02. The van der Waals surface area contributed by atoms with E-state index in [0.717, 1.165) is 23.8 Å². The number of amides is 2. The molecule has 7 nitrogen and oxygen atoms in total. The van der Waals surface area contributed by atoms with E-state index in [9.17, 15) is 9.59 Å². The first kappa shape index (κ1) is 23.5. The number of aryl methyl sites for hydroxylation is 1. The minimum absolute atomic E-state index is 0.0143. The molecule has 0 spiro atoms. The molecule has 0 N–H and O–H groups in total. The molecule has 0 aliphatic carbocycles. The van der Waals surface area contributed by atoms with Crippen LogP contribution in [0.2, 0.25) is 5.02 Å². The largest absolute Gasteiger partial charge is 0.478 e. The highest BCUT2D eigenvalue weighted by Crippen LogP contribution is 2.24. The molecule has 1 aliphatic heterocycles. The maximum absolute atomic E-state index is 13.0. The van der Waals surface area contributed by atoms with Crippen LogP contribution in [0.1, 0.15) is 34.2 Å². The van der Waals surface area contributed by atoms with Crippen molar-refractivity contribution in [1.82, 2.24) is 19.7 Å². The van der Waals surface area contributed by atoms with Gasteiger partial charge in [0.1, 0.15) is 15.6 Å². The van der Waals surface area contributed by atoms with Crippen LogP contribution in [0, 0.1) is 6.92 Å². The zero-order chi connectivity index (χ0) is 22.8. The van der Waals surface area contributed by atoms with Gasteiger partial charge in [0, 0.05) is 45.3 Å². The van der Waals surface area contributed by atoms with Crippen LogP contribution in [0.4, 0.5) is 0 Å². The first-order valence-electron chi connectivity index (χ1n) is 10.2. The number of benzene rings is 1. The SMILES string of the molecule is Cc1nc(CN2CCN(C(=O)C(C)(C)Oc3ccc(Cl)cc3)CC2)sc1C(=O)N(C)C. The molecular formula is C22H29ClN4O3S. The van der Waals surface area contributed by atoms with Crippen molar-refractivity contribution in [2.45, 2.75) is 32.9 Å². The van der Waals surface area contributed by atoms with Gasteiger partial charge < -0.3 is 14.5 Å². The van der Waals surface area contributed by atoms with Crippen molar-refractivity contribution in [3.05, 3.63) is 44.9 Å². The van der Waals surface area contributed by atoms with Crippen LogP contribution in [-0.2, 0) is 11.3 Å². The highest BCUT2D eigenvalue weighted by atomic mass is 35.5. The Hall–Kier alpha value is -2.16. The molecule has 168 valence electrons. The first-order valence-corrected chi connectivity index (χ1v) is 11.4. The number of hydrogen-bond acceptors (Lipinski definition) is 6. The number of thiazole rings is 1. The van der Waals surface area contributed by atoms with E-state index in [4.69, 9.17) is 16.3 Å². The van der Waals surface area contributed by atoms with Gasteiger partial charge in [-0.1, -0.05) is 11.6 Å². The van der Waals surface area contributed by atoms with E-state index >= 15 is 0 Å². The van der Waals surface area contributed by atoms with Crippen LogP contribution >= 0.6 is 22.9 Å². The van der Waals surface area contributed by atoms with Gasteiger partial charge in [-0.2, -0.15) is 0 Å². The zero-order valence-corrected chi connectivity index (χ0v) is 20.2. The van der Waals surface area contributed by atoms with Crippen molar-refractivity contribution >= 4 is 34.8 Å². The highest BCUT2D eigenvalue weighted by molar-refractivity contribution is 7.13. The third-order valence-electron chi connectivity index (χ3n) is 5.16. The predicted octanol–water partition coefficient (Wildman–Crippen LogP) is 3.31. The maximum Gasteiger partial charge on any atom is 0.266 e. The van der Waals surface area contributed by atoms with Crippen molar-refractivity contribution in [3.63, 3.8) is 0 Å². The quantitative estimate of drug-likeness (QED) is 0.656. The van der Waals surface area contributed by atoms with E-state index in [1.54, 1.807) is 57.1 Å². The molecule has 0 radical (unpaired) electrons. The van der Waals surface area contributed by atoms with Gasteiger partial charge in [0.05, 0.1) is 12.2 Å². The summed E-state index contributed by atoms with van der Waals surface area (Å²) in [5, 5.41) is 1.55. The Morgan fingerprint density at radius 3 is 2.35 bits per heavy atom. The lowest BCUT2D eigenvalue weighted by Gasteiger charge is -2.38. The average Bonchev–Trinajstić information content (AvgIpc) is 3.08. The second-order valence-corrected chi connectivity index (χ2v) is 9.88. The Morgan fingerprint density at radius 2 is 1.77 bits per heavy atom. The molecule has 2 amide bonds. The van der Waals surface area contributed by atoms with E-state index in [0.29, 0.717) is 35.3 Å². The van der Waals surface area contributed by atoms with Gasteiger partial charge >= 0.3 is 0 Å². The lowest BCUT2D eigenvalue weighted by molar-refractivity contribution is -0.147. The van der Waals surface area contributed by atoms with Gasteiger partial charge in [0.25, 0.3) is 11.8 Å². The number of nitrogens with zero attached hydrogens (tertiary/aromatic N) is 4. The van der Waals surface area contributed by atoms with Crippen LogP contribution in [-0.4, -0.2) is 77.4 Å². The molecule has 0 unspecified atom stereocenters. The van der Waals surface area contributed by atoms with Gasteiger partial charge in [0.2, 0.25) is 0 Å². The summed E-state index contributed by atoms with van der Waals surface area (Å²) in [5.41, 5.74) is -0.197. The second-order valence-electron chi connectivity index (χ2n) is 8.36. The fourth-order valence-electron chi connectivity index (χ4n) is 3.44. The number of hydrogen-bond donors (Lipinski definition) is 0. The summed E-state index contributed by atoms with van der Waals surface area (Å²) >= 11 is 7.37. The summed E-state index contributed by atoms with van der Waals surface area (Å²) in [6.45, 7) is 8.88. The highest BCUT2D eigenvalue weighted by Gasteiger charge is 2.36. The molecule has 1 aromatic carbocycles. The normalized spacial score (nSPS) is 15.1. The minimum atomic E-state index is -0.968. The molecule has 0 saturated carbocycles. The monoisotopic (exact) mass is 464 g/mol. The Bertz CT molecular complexity index is 935. The van der Waals surface area contributed by atoms with Crippen molar-refractivity contribution < 1.29 is 14.3 Å². The smallest absolute Gasteiger partial charge is 0.266 e. The molecule has 9 heteroatoms. The van der Waals surface area contributed by atoms with Crippen molar-refractivity contribution in [3.8, 4) is 5.75 Å². The van der Waals surface area contributed by atoms with Gasteiger partial charge in [-0.25, -0.2) is 4.98 Å². The lowest BCUT2D eigenvalue weighted by atomic mass is 10.1. The van der Waals surface area contributed by atoms with Crippen molar-refractivity contribution in [1.29, 1.82) is 0 Å². The molecule has 1 saturated heterocycles. The summed E-state index contributed by atoms with van der Waals surface area (Å²) in [5.74, 6) is 0.564. The molecular weight excluding hydrogens is 436 g/mol. The summed E-state index contributed by atoms with van der Waals surface area (Å²) < 4.78 is 5.94. The molecule has 1 aliphatic rings. The Balaban J connectivity index is 1.55. The minimum Gasteiger partial charge on any atom is -0.478 e. The topological polar surface area (TPSA) is 66.0 Å². The third-order valence-corrected chi connectivity index (χ3v) is 6.54.